The maximum Gasteiger partial charge on any atom is 0.222 e. The van der Waals surface area contributed by atoms with Crippen molar-refractivity contribution in [2.24, 2.45) is 11.7 Å². The highest BCUT2D eigenvalue weighted by atomic mass is 16.2. The summed E-state index contributed by atoms with van der Waals surface area (Å²) in [6, 6.07) is 0.412. The first-order valence-corrected chi connectivity index (χ1v) is 6.63. The van der Waals surface area contributed by atoms with Gasteiger partial charge in [0, 0.05) is 26.1 Å². The molecule has 0 heterocycles. The highest BCUT2D eigenvalue weighted by Gasteiger charge is 2.19. The Labute approximate surface area is 99.4 Å². The molecule has 3 nitrogen and oxygen atoms in total. The second-order valence-electron chi connectivity index (χ2n) is 5.13. The third kappa shape index (κ3) is 4.52. The minimum Gasteiger partial charge on any atom is -0.346 e. The van der Waals surface area contributed by atoms with Crippen molar-refractivity contribution in [3.63, 3.8) is 0 Å². The van der Waals surface area contributed by atoms with Gasteiger partial charge in [0.25, 0.3) is 0 Å². The van der Waals surface area contributed by atoms with Crippen molar-refractivity contribution in [2.45, 2.75) is 57.9 Å². The van der Waals surface area contributed by atoms with Crippen molar-refractivity contribution in [1.82, 2.24) is 4.90 Å². The normalized spacial score (nSPS) is 25.4. The molecule has 1 saturated carbocycles. The van der Waals surface area contributed by atoms with Gasteiger partial charge in [-0.15, -0.1) is 0 Å². The molecule has 1 rings (SSSR count). The van der Waals surface area contributed by atoms with Crippen LogP contribution in [0, 0.1) is 5.92 Å². The van der Waals surface area contributed by atoms with Crippen LogP contribution in [-0.2, 0) is 4.79 Å². The molecular weight excluding hydrogens is 200 g/mol. The average molecular weight is 226 g/mol. The maximum atomic E-state index is 11.7. The molecule has 16 heavy (non-hydrogen) atoms. The van der Waals surface area contributed by atoms with Gasteiger partial charge in [-0.25, -0.2) is 0 Å². The molecule has 1 aliphatic rings. The zero-order valence-corrected chi connectivity index (χ0v) is 10.7. The van der Waals surface area contributed by atoms with Crippen LogP contribution in [0.2, 0.25) is 0 Å². The lowest BCUT2D eigenvalue weighted by Gasteiger charge is -2.26. The molecular formula is C13H26N2O. The fourth-order valence-corrected chi connectivity index (χ4v) is 2.46. The summed E-state index contributed by atoms with van der Waals surface area (Å²) in [6.45, 7) is 2.99. The van der Waals surface area contributed by atoms with Gasteiger partial charge >= 0.3 is 0 Å². The molecule has 0 saturated heterocycles. The minimum absolute atomic E-state index is 0.303. The Morgan fingerprint density at radius 3 is 2.50 bits per heavy atom. The lowest BCUT2D eigenvalue weighted by atomic mass is 9.84. The molecule has 0 spiro atoms. The molecule has 0 aromatic heterocycles. The molecule has 94 valence electrons. The fraction of sp³-hybridized carbons (Fsp3) is 0.923. The predicted molar refractivity (Wildman–Crippen MR) is 67.1 cm³/mol. The molecule has 0 radical (unpaired) electrons. The van der Waals surface area contributed by atoms with Gasteiger partial charge in [-0.2, -0.15) is 0 Å². The van der Waals surface area contributed by atoms with Gasteiger partial charge in [0.05, 0.1) is 0 Å². The van der Waals surface area contributed by atoms with E-state index >= 15 is 0 Å². The zero-order chi connectivity index (χ0) is 12.0. The molecule has 0 aromatic carbocycles. The number of hydrogen-bond donors (Lipinski definition) is 1. The van der Waals surface area contributed by atoms with Crippen LogP contribution in [0.1, 0.15) is 51.9 Å². The molecule has 0 atom stereocenters. The largest absolute Gasteiger partial charge is 0.346 e. The van der Waals surface area contributed by atoms with Crippen LogP contribution >= 0.6 is 0 Å². The summed E-state index contributed by atoms with van der Waals surface area (Å²) in [7, 11) is 1.91. The van der Waals surface area contributed by atoms with Gasteiger partial charge in [-0.05, 0) is 44.4 Å². The molecule has 1 fully saturated rings. The van der Waals surface area contributed by atoms with E-state index in [1.54, 1.807) is 0 Å². The van der Waals surface area contributed by atoms with Crippen LogP contribution < -0.4 is 5.73 Å². The lowest BCUT2D eigenvalue weighted by Crippen LogP contribution is -2.29. The molecule has 1 amide bonds. The molecule has 2 N–H and O–H groups in total. The first kappa shape index (κ1) is 13.5. The van der Waals surface area contributed by atoms with Crippen LogP contribution in [0.5, 0.6) is 0 Å². The van der Waals surface area contributed by atoms with E-state index in [1.807, 2.05) is 11.9 Å². The van der Waals surface area contributed by atoms with Gasteiger partial charge in [-0.3, -0.25) is 4.79 Å². The first-order chi connectivity index (χ1) is 7.63. The number of rotatable bonds is 5. The standard InChI is InChI=1S/C13H26N2O/c1-3-10-15(2)13(16)9-6-11-4-7-12(14)8-5-11/h11-12H,3-10,14H2,1-2H3. The van der Waals surface area contributed by atoms with Crippen LogP contribution in [-0.4, -0.2) is 30.4 Å². The number of nitrogens with zero attached hydrogens (tertiary/aromatic N) is 1. The SMILES string of the molecule is CCCN(C)C(=O)CCC1CCC(N)CC1. The highest BCUT2D eigenvalue weighted by Crippen LogP contribution is 2.26. The second-order valence-corrected chi connectivity index (χ2v) is 5.13. The monoisotopic (exact) mass is 226 g/mol. The summed E-state index contributed by atoms with van der Waals surface area (Å²) < 4.78 is 0. The van der Waals surface area contributed by atoms with E-state index in [0.717, 1.165) is 44.6 Å². The Hall–Kier alpha value is -0.570. The average Bonchev–Trinajstić information content (AvgIpc) is 2.28. The van der Waals surface area contributed by atoms with Crippen LogP contribution in [0.25, 0.3) is 0 Å². The highest BCUT2D eigenvalue weighted by molar-refractivity contribution is 5.75. The Morgan fingerprint density at radius 1 is 1.31 bits per heavy atom. The van der Waals surface area contributed by atoms with Crippen molar-refractivity contribution in [3.05, 3.63) is 0 Å². The van der Waals surface area contributed by atoms with E-state index in [1.165, 1.54) is 12.8 Å². The second kappa shape index (κ2) is 6.89. The van der Waals surface area contributed by atoms with Gasteiger partial charge in [0.1, 0.15) is 0 Å². The molecule has 0 aromatic rings. The summed E-state index contributed by atoms with van der Waals surface area (Å²) in [5.41, 5.74) is 5.87. The van der Waals surface area contributed by atoms with Gasteiger partial charge in [0.2, 0.25) is 5.91 Å². The summed E-state index contributed by atoms with van der Waals surface area (Å²) in [4.78, 5) is 13.6. The Morgan fingerprint density at radius 2 is 1.94 bits per heavy atom. The minimum atomic E-state index is 0.303. The van der Waals surface area contributed by atoms with Crippen LogP contribution in [0.15, 0.2) is 0 Å². The van der Waals surface area contributed by atoms with E-state index < -0.39 is 0 Å². The van der Waals surface area contributed by atoms with Crippen molar-refractivity contribution < 1.29 is 4.79 Å². The molecule has 0 unspecified atom stereocenters. The van der Waals surface area contributed by atoms with Crippen LogP contribution in [0.3, 0.4) is 0 Å². The quantitative estimate of drug-likeness (QED) is 0.781. The van der Waals surface area contributed by atoms with E-state index in [0.29, 0.717) is 11.9 Å². The Bertz CT molecular complexity index is 210. The number of carbonyl (C=O) groups is 1. The third-order valence-electron chi connectivity index (χ3n) is 3.64. The molecule has 0 bridgehead atoms. The summed E-state index contributed by atoms with van der Waals surface area (Å²) in [6.07, 6.45) is 7.53. The van der Waals surface area contributed by atoms with Gasteiger partial charge < -0.3 is 10.6 Å². The Kier molecular flexibility index (Phi) is 5.81. The Balaban J connectivity index is 2.16. The van der Waals surface area contributed by atoms with Crippen molar-refractivity contribution in [2.75, 3.05) is 13.6 Å². The maximum absolute atomic E-state index is 11.7. The topological polar surface area (TPSA) is 46.3 Å². The molecule has 3 heteroatoms. The van der Waals surface area contributed by atoms with Gasteiger partial charge in [0.15, 0.2) is 0 Å². The number of nitrogens with two attached hydrogens (primary N) is 1. The lowest BCUT2D eigenvalue weighted by molar-refractivity contribution is -0.130. The van der Waals surface area contributed by atoms with E-state index in [-0.39, 0.29) is 0 Å². The summed E-state index contributed by atoms with van der Waals surface area (Å²) >= 11 is 0. The molecule has 1 aliphatic carbocycles. The van der Waals surface area contributed by atoms with E-state index in [4.69, 9.17) is 5.73 Å². The fourth-order valence-electron chi connectivity index (χ4n) is 2.46. The number of carbonyl (C=O) groups excluding carboxylic acids is 1. The predicted octanol–water partition coefficient (Wildman–Crippen LogP) is 2.15. The van der Waals surface area contributed by atoms with Crippen molar-refractivity contribution in [3.8, 4) is 0 Å². The summed E-state index contributed by atoms with van der Waals surface area (Å²) in [5.74, 6) is 1.04. The molecule has 0 aliphatic heterocycles. The van der Waals surface area contributed by atoms with Crippen molar-refractivity contribution >= 4 is 5.91 Å². The number of hydrogen-bond acceptors (Lipinski definition) is 2. The third-order valence-corrected chi connectivity index (χ3v) is 3.64. The van der Waals surface area contributed by atoms with E-state index in [2.05, 4.69) is 6.92 Å². The zero-order valence-electron chi connectivity index (χ0n) is 10.7. The first-order valence-electron chi connectivity index (χ1n) is 6.63. The van der Waals surface area contributed by atoms with Crippen LogP contribution in [0.4, 0.5) is 0 Å². The number of amides is 1. The summed E-state index contributed by atoms with van der Waals surface area (Å²) in [5, 5.41) is 0. The van der Waals surface area contributed by atoms with Crippen molar-refractivity contribution in [1.29, 1.82) is 0 Å². The van der Waals surface area contributed by atoms with E-state index in [9.17, 15) is 4.79 Å². The smallest absolute Gasteiger partial charge is 0.222 e. The van der Waals surface area contributed by atoms with Gasteiger partial charge in [-0.1, -0.05) is 6.92 Å².